The second-order valence-corrected chi connectivity index (χ2v) is 8.16. The summed E-state index contributed by atoms with van der Waals surface area (Å²) in [5.74, 6) is -0.177. The molecule has 0 saturated heterocycles. The number of rotatable bonds is 4. The molecule has 1 atom stereocenters. The van der Waals surface area contributed by atoms with E-state index in [0.29, 0.717) is 17.8 Å². The van der Waals surface area contributed by atoms with Gasteiger partial charge in [0, 0.05) is 24.5 Å². The maximum absolute atomic E-state index is 12.5. The van der Waals surface area contributed by atoms with Crippen molar-refractivity contribution in [3.63, 3.8) is 0 Å². The second-order valence-electron chi connectivity index (χ2n) is 6.26. The highest BCUT2D eigenvalue weighted by atomic mass is 32.2. The van der Waals surface area contributed by atoms with E-state index in [1.165, 1.54) is 10.6 Å². The number of aryl methyl sites for hydroxylation is 1. The highest BCUT2D eigenvalue weighted by Crippen LogP contribution is 2.30. The van der Waals surface area contributed by atoms with E-state index < -0.39 is 10.0 Å². The van der Waals surface area contributed by atoms with Crippen LogP contribution < -0.4 is 9.62 Å². The van der Waals surface area contributed by atoms with Crippen LogP contribution in [0.3, 0.4) is 0 Å². The minimum absolute atomic E-state index is 0.140. The van der Waals surface area contributed by atoms with Crippen molar-refractivity contribution in [2.45, 2.75) is 25.8 Å². The molecule has 0 spiro atoms. The summed E-state index contributed by atoms with van der Waals surface area (Å²) in [6.07, 6.45) is 6.10. The fourth-order valence-corrected chi connectivity index (χ4v) is 4.06. The van der Waals surface area contributed by atoms with Gasteiger partial charge in [0.25, 0.3) is 5.91 Å². The van der Waals surface area contributed by atoms with Crippen LogP contribution in [0.1, 0.15) is 40.9 Å². The first kappa shape index (κ1) is 17.4. The summed E-state index contributed by atoms with van der Waals surface area (Å²) in [5, 5.41) is 2.96. The van der Waals surface area contributed by atoms with Gasteiger partial charge in [-0.05, 0) is 61.2 Å². The Labute approximate surface area is 147 Å². The van der Waals surface area contributed by atoms with Crippen molar-refractivity contribution in [3.8, 4) is 0 Å². The molecule has 0 fully saturated rings. The molecule has 1 aliphatic rings. The molecule has 1 aliphatic heterocycles. The van der Waals surface area contributed by atoms with Crippen molar-refractivity contribution in [2.24, 2.45) is 0 Å². The van der Waals surface area contributed by atoms with Crippen LogP contribution in [0.2, 0.25) is 0 Å². The van der Waals surface area contributed by atoms with Gasteiger partial charge in [0.2, 0.25) is 10.0 Å². The van der Waals surface area contributed by atoms with E-state index in [2.05, 4.69) is 10.3 Å². The van der Waals surface area contributed by atoms with Crippen molar-refractivity contribution < 1.29 is 13.2 Å². The van der Waals surface area contributed by atoms with Gasteiger partial charge in [0.15, 0.2) is 0 Å². The van der Waals surface area contributed by atoms with E-state index in [1.54, 1.807) is 30.6 Å². The maximum atomic E-state index is 12.5. The summed E-state index contributed by atoms with van der Waals surface area (Å²) >= 11 is 0. The molecule has 1 amide bonds. The average Bonchev–Trinajstić information content (AvgIpc) is 2.60. The number of amides is 1. The Morgan fingerprint density at radius 2 is 1.96 bits per heavy atom. The van der Waals surface area contributed by atoms with E-state index in [0.717, 1.165) is 24.0 Å². The molecule has 0 unspecified atom stereocenters. The zero-order valence-corrected chi connectivity index (χ0v) is 15.1. The highest BCUT2D eigenvalue weighted by molar-refractivity contribution is 7.92. The number of pyridine rings is 1. The Kier molecular flexibility index (Phi) is 4.76. The number of carbonyl (C=O) groups excluding carboxylic acids is 1. The van der Waals surface area contributed by atoms with Crippen LogP contribution in [0.5, 0.6) is 0 Å². The van der Waals surface area contributed by atoms with Crippen molar-refractivity contribution in [3.05, 3.63) is 59.4 Å². The molecular weight excluding hydrogens is 338 g/mol. The predicted molar refractivity (Wildman–Crippen MR) is 97.1 cm³/mol. The number of benzene rings is 1. The first-order chi connectivity index (χ1) is 11.9. The van der Waals surface area contributed by atoms with Crippen LogP contribution in [0.25, 0.3) is 0 Å². The summed E-state index contributed by atoms with van der Waals surface area (Å²) < 4.78 is 25.2. The lowest BCUT2D eigenvalue weighted by molar-refractivity contribution is 0.0939. The minimum Gasteiger partial charge on any atom is -0.346 e. The van der Waals surface area contributed by atoms with E-state index in [-0.39, 0.29) is 11.9 Å². The summed E-state index contributed by atoms with van der Waals surface area (Å²) in [4.78, 5) is 16.5. The molecular formula is C18H21N3O3S. The summed E-state index contributed by atoms with van der Waals surface area (Å²) in [6.45, 7) is 2.40. The van der Waals surface area contributed by atoms with Gasteiger partial charge in [-0.25, -0.2) is 8.42 Å². The van der Waals surface area contributed by atoms with Gasteiger partial charge in [-0.2, -0.15) is 0 Å². The topological polar surface area (TPSA) is 79.4 Å². The number of nitrogens with zero attached hydrogens (tertiary/aromatic N) is 2. The van der Waals surface area contributed by atoms with Crippen molar-refractivity contribution in [2.75, 3.05) is 17.1 Å². The lowest BCUT2D eigenvalue weighted by atomic mass is 10.00. The Hall–Kier alpha value is -2.41. The number of nitrogens with one attached hydrogen (secondary N) is 1. The van der Waals surface area contributed by atoms with Crippen molar-refractivity contribution in [1.29, 1.82) is 0 Å². The summed E-state index contributed by atoms with van der Waals surface area (Å²) in [5.41, 5.74) is 3.08. The third-order valence-electron chi connectivity index (χ3n) is 4.37. The molecule has 2 heterocycles. The van der Waals surface area contributed by atoms with Gasteiger partial charge in [0.05, 0.1) is 18.0 Å². The third kappa shape index (κ3) is 3.82. The first-order valence-electron chi connectivity index (χ1n) is 8.17. The lowest BCUT2D eigenvalue weighted by Crippen LogP contribution is -2.35. The molecule has 1 N–H and O–H groups in total. The molecule has 0 bridgehead atoms. The van der Waals surface area contributed by atoms with Crippen LogP contribution in [0.4, 0.5) is 5.69 Å². The zero-order chi connectivity index (χ0) is 18.0. The van der Waals surface area contributed by atoms with Crippen LogP contribution in [0, 0.1) is 0 Å². The average molecular weight is 359 g/mol. The lowest BCUT2D eigenvalue weighted by Gasteiger charge is -2.29. The van der Waals surface area contributed by atoms with Gasteiger partial charge >= 0.3 is 0 Å². The molecule has 0 saturated carbocycles. The van der Waals surface area contributed by atoms with Crippen LogP contribution in [-0.2, 0) is 16.4 Å². The number of aromatic nitrogens is 1. The minimum atomic E-state index is -3.30. The number of anilines is 1. The van der Waals surface area contributed by atoms with Crippen LogP contribution in [-0.4, -0.2) is 32.1 Å². The normalized spacial score (nSPS) is 15.4. The standard InChI is InChI=1S/C18H21N3O3S/c1-13(14-7-9-19-10-8-14)20-18(22)16-5-6-17-15(12-16)4-3-11-21(17)25(2,23)24/h5-10,12-13H,3-4,11H2,1-2H3,(H,20,22)/t13-/m0/s1. The van der Waals surface area contributed by atoms with Gasteiger partial charge in [-0.1, -0.05) is 0 Å². The number of hydrogen-bond acceptors (Lipinski definition) is 4. The fraction of sp³-hybridized carbons (Fsp3) is 0.333. The summed E-state index contributed by atoms with van der Waals surface area (Å²) in [7, 11) is -3.30. The Morgan fingerprint density at radius 1 is 1.24 bits per heavy atom. The maximum Gasteiger partial charge on any atom is 0.251 e. The number of hydrogen-bond donors (Lipinski definition) is 1. The number of fused-ring (bicyclic) bond motifs is 1. The Balaban J connectivity index is 1.81. The van der Waals surface area contributed by atoms with Gasteiger partial charge in [-0.15, -0.1) is 0 Å². The highest BCUT2D eigenvalue weighted by Gasteiger charge is 2.24. The molecule has 7 heteroatoms. The van der Waals surface area contributed by atoms with E-state index >= 15 is 0 Å². The quantitative estimate of drug-likeness (QED) is 0.908. The van der Waals surface area contributed by atoms with Gasteiger partial charge in [-0.3, -0.25) is 14.1 Å². The van der Waals surface area contributed by atoms with Crippen LogP contribution in [0.15, 0.2) is 42.7 Å². The van der Waals surface area contributed by atoms with E-state index in [1.807, 2.05) is 19.1 Å². The van der Waals surface area contributed by atoms with Crippen molar-refractivity contribution in [1.82, 2.24) is 10.3 Å². The van der Waals surface area contributed by atoms with Gasteiger partial charge in [0.1, 0.15) is 0 Å². The second kappa shape index (κ2) is 6.84. The van der Waals surface area contributed by atoms with E-state index in [4.69, 9.17) is 0 Å². The third-order valence-corrected chi connectivity index (χ3v) is 5.55. The Bertz CT molecular complexity index is 882. The van der Waals surface area contributed by atoms with E-state index in [9.17, 15) is 13.2 Å². The Morgan fingerprint density at radius 3 is 2.64 bits per heavy atom. The molecule has 2 aromatic rings. The monoisotopic (exact) mass is 359 g/mol. The molecule has 132 valence electrons. The number of sulfonamides is 1. The molecule has 1 aromatic heterocycles. The zero-order valence-electron chi connectivity index (χ0n) is 14.3. The fourth-order valence-electron chi connectivity index (χ4n) is 3.06. The van der Waals surface area contributed by atoms with Crippen LogP contribution >= 0.6 is 0 Å². The largest absolute Gasteiger partial charge is 0.346 e. The molecule has 1 aromatic carbocycles. The molecule has 0 radical (unpaired) electrons. The smallest absolute Gasteiger partial charge is 0.251 e. The van der Waals surface area contributed by atoms with Crippen molar-refractivity contribution >= 4 is 21.6 Å². The predicted octanol–water partition coefficient (Wildman–Crippen LogP) is 2.28. The first-order valence-corrected chi connectivity index (χ1v) is 10.0. The SMILES string of the molecule is C[C@H](NC(=O)c1ccc2c(c1)CCCN2S(C)(=O)=O)c1ccncc1. The molecule has 3 rings (SSSR count). The molecule has 6 nitrogen and oxygen atoms in total. The van der Waals surface area contributed by atoms with Gasteiger partial charge < -0.3 is 5.32 Å². The summed E-state index contributed by atoms with van der Waals surface area (Å²) in [6, 6.07) is 8.78. The number of carbonyl (C=O) groups is 1. The molecule has 25 heavy (non-hydrogen) atoms. The molecule has 0 aliphatic carbocycles.